The Morgan fingerprint density at radius 2 is 2.14 bits per heavy atom. The third kappa shape index (κ3) is 3.36. The lowest BCUT2D eigenvalue weighted by Gasteiger charge is -2.25. The molecule has 0 heterocycles. The van der Waals surface area contributed by atoms with E-state index >= 15 is 0 Å². The van der Waals surface area contributed by atoms with Crippen molar-refractivity contribution in [2.24, 2.45) is 11.8 Å². The first-order chi connectivity index (χ1) is 6.59. The molecule has 4 nitrogen and oxygen atoms in total. The van der Waals surface area contributed by atoms with Crippen molar-refractivity contribution in [3.8, 4) is 0 Å². The standard InChI is InChI=1S/C10H17NO3/c1-7-3-2-4-8(5-7)10(14)11-6-9(12)13/h7-8H,2-6H2,1H3,(H,11,14)(H,12,13). The summed E-state index contributed by atoms with van der Waals surface area (Å²) in [5.74, 6) is -0.469. The summed E-state index contributed by atoms with van der Waals surface area (Å²) < 4.78 is 0. The minimum atomic E-state index is -0.984. The van der Waals surface area contributed by atoms with Crippen molar-refractivity contribution in [3.05, 3.63) is 0 Å². The van der Waals surface area contributed by atoms with Gasteiger partial charge in [-0.25, -0.2) is 0 Å². The van der Waals surface area contributed by atoms with Gasteiger partial charge in [-0.2, -0.15) is 0 Å². The summed E-state index contributed by atoms with van der Waals surface area (Å²) in [6.45, 7) is 1.88. The molecular formula is C10H17NO3. The van der Waals surface area contributed by atoms with E-state index in [2.05, 4.69) is 12.2 Å². The molecule has 80 valence electrons. The maximum absolute atomic E-state index is 11.5. The first-order valence-corrected chi connectivity index (χ1v) is 5.09. The van der Waals surface area contributed by atoms with Crippen molar-refractivity contribution >= 4 is 11.9 Å². The molecule has 1 aliphatic rings. The number of carbonyl (C=O) groups is 2. The van der Waals surface area contributed by atoms with Crippen LogP contribution in [0.4, 0.5) is 0 Å². The number of nitrogens with one attached hydrogen (secondary N) is 1. The monoisotopic (exact) mass is 199 g/mol. The van der Waals surface area contributed by atoms with Crippen molar-refractivity contribution in [1.29, 1.82) is 0 Å². The normalized spacial score (nSPS) is 26.9. The first-order valence-electron chi connectivity index (χ1n) is 5.09. The zero-order chi connectivity index (χ0) is 10.6. The maximum atomic E-state index is 11.5. The molecule has 2 atom stereocenters. The summed E-state index contributed by atoms with van der Waals surface area (Å²) in [4.78, 5) is 21.7. The van der Waals surface area contributed by atoms with Crippen LogP contribution in [0.15, 0.2) is 0 Å². The van der Waals surface area contributed by atoms with E-state index in [1.54, 1.807) is 0 Å². The van der Waals surface area contributed by atoms with E-state index in [4.69, 9.17) is 5.11 Å². The molecule has 1 aliphatic carbocycles. The van der Waals surface area contributed by atoms with Gasteiger partial charge >= 0.3 is 5.97 Å². The van der Waals surface area contributed by atoms with E-state index in [1.807, 2.05) is 0 Å². The van der Waals surface area contributed by atoms with Crippen LogP contribution >= 0.6 is 0 Å². The van der Waals surface area contributed by atoms with Crippen LogP contribution < -0.4 is 5.32 Å². The highest BCUT2D eigenvalue weighted by atomic mass is 16.4. The Hall–Kier alpha value is -1.06. The molecular weight excluding hydrogens is 182 g/mol. The van der Waals surface area contributed by atoms with Crippen LogP contribution in [0.3, 0.4) is 0 Å². The Balaban J connectivity index is 2.32. The van der Waals surface area contributed by atoms with Gasteiger partial charge in [0.15, 0.2) is 0 Å². The van der Waals surface area contributed by atoms with Gasteiger partial charge in [0.1, 0.15) is 6.54 Å². The highest BCUT2D eigenvalue weighted by Crippen LogP contribution is 2.28. The molecule has 1 saturated carbocycles. The molecule has 0 aliphatic heterocycles. The summed E-state index contributed by atoms with van der Waals surface area (Å²) in [6.07, 6.45) is 4.05. The van der Waals surface area contributed by atoms with Gasteiger partial charge < -0.3 is 10.4 Å². The van der Waals surface area contributed by atoms with E-state index in [0.29, 0.717) is 5.92 Å². The smallest absolute Gasteiger partial charge is 0.322 e. The lowest BCUT2D eigenvalue weighted by molar-refractivity contribution is -0.138. The second-order valence-corrected chi connectivity index (χ2v) is 4.08. The molecule has 0 radical (unpaired) electrons. The first kappa shape index (κ1) is 11.0. The number of rotatable bonds is 3. The Bertz CT molecular complexity index is 227. The molecule has 2 N–H and O–H groups in total. The van der Waals surface area contributed by atoms with Gasteiger partial charge in [0, 0.05) is 5.92 Å². The van der Waals surface area contributed by atoms with E-state index in [0.717, 1.165) is 19.3 Å². The highest BCUT2D eigenvalue weighted by Gasteiger charge is 2.24. The van der Waals surface area contributed by atoms with Crippen LogP contribution in [-0.2, 0) is 9.59 Å². The molecule has 1 fully saturated rings. The molecule has 1 amide bonds. The highest BCUT2D eigenvalue weighted by molar-refractivity contribution is 5.82. The quantitative estimate of drug-likeness (QED) is 0.713. The molecule has 0 aromatic rings. The molecule has 4 heteroatoms. The number of hydrogen-bond acceptors (Lipinski definition) is 2. The largest absolute Gasteiger partial charge is 0.480 e. The zero-order valence-electron chi connectivity index (χ0n) is 8.45. The van der Waals surface area contributed by atoms with E-state index < -0.39 is 5.97 Å². The van der Waals surface area contributed by atoms with Crippen molar-refractivity contribution in [2.45, 2.75) is 32.6 Å². The Labute approximate surface area is 83.7 Å². The van der Waals surface area contributed by atoms with Crippen molar-refractivity contribution in [3.63, 3.8) is 0 Å². The zero-order valence-corrected chi connectivity index (χ0v) is 8.45. The minimum absolute atomic E-state index is 0.0260. The Morgan fingerprint density at radius 1 is 1.43 bits per heavy atom. The van der Waals surface area contributed by atoms with Crippen LogP contribution in [0.1, 0.15) is 32.6 Å². The average molecular weight is 199 g/mol. The fourth-order valence-electron chi connectivity index (χ4n) is 1.98. The van der Waals surface area contributed by atoms with E-state index in [-0.39, 0.29) is 18.4 Å². The van der Waals surface area contributed by atoms with Gasteiger partial charge in [0.25, 0.3) is 0 Å². The van der Waals surface area contributed by atoms with Gasteiger partial charge in [0.05, 0.1) is 0 Å². The van der Waals surface area contributed by atoms with Crippen LogP contribution in [0.5, 0.6) is 0 Å². The number of carbonyl (C=O) groups excluding carboxylic acids is 1. The number of amides is 1. The Morgan fingerprint density at radius 3 is 2.71 bits per heavy atom. The summed E-state index contributed by atoms with van der Waals surface area (Å²) in [7, 11) is 0. The lowest BCUT2D eigenvalue weighted by atomic mass is 9.82. The van der Waals surface area contributed by atoms with Gasteiger partial charge in [-0.15, -0.1) is 0 Å². The summed E-state index contributed by atoms with van der Waals surface area (Å²) in [5, 5.41) is 10.8. The molecule has 0 bridgehead atoms. The molecule has 0 aromatic heterocycles. The number of aliphatic carboxylic acids is 1. The van der Waals surface area contributed by atoms with Crippen LogP contribution in [0, 0.1) is 11.8 Å². The summed E-state index contributed by atoms with van der Waals surface area (Å²) in [6, 6.07) is 0. The number of carboxylic acids is 1. The van der Waals surface area contributed by atoms with E-state index in [1.165, 1.54) is 6.42 Å². The predicted molar refractivity (Wildman–Crippen MR) is 51.8 cm³/mol. The Kier molecular flexibility index (Phi) is 3.92. The van der Waals surface area contributed by atoms with Gasteiger partial charge in [0.2, 0.25) is 5.91 Å². The average Bonchev–Trinajstić information content (AvgIpc) is 2.14. The molecule has 0 aromatic carbocycles. The minimum Gasteiger partial charge on any atom is -0.480 e. The van der Waals surface area contributed by atoms with Gasteiger partial charge in [-0.3, -0.25) is 9.59 Å². The lowest BCUT2D eigenvalue weighted by Crippen LogP contribution is -2.36. The number of hydrogen-bond donors (Lipinski definition) is 2. The predicted octanol–water partition coefficient (Wildman–Crippen LogP) is 1.01. The van der Waals surface area contributed by atoms with Crippen molar-refractivity contribution < 1.29 is 14.7 Å². The molecule has 0 spiro atoms. The van der Waals surface area contributed by atoms with Crippen molar-refractivity contribution in [1.82, 2.24) is 5.32 Å². The van der Waals surface area contributed by atoms with Gasteiger partial charge in [-0.1, -0.05) is 19.8 Å². The van der Waals surface area contributed by atoms with Crippen LogP contribution in [-0.4, -0.2) is 23.5 Å². The van der Waals surface area contributed by atoms with E-state index in [9.17, 15) is 9.59 Å². The molecule has 2 unspecified atom stereocenters. The molecule has 1 rings (SSSR count). The molecule has 14 heavy (non-hydrogen) atoms. The maximum Gasteiger partial charge on any atom is 0.322 e. The van der Waals surface area contributed by atoms with Gasteiger partial charge in [-0.05, 0) is 18.8 Å². The summed E-state index contributed by atoms with van der Waals surface area (Å²) >= 11 is 0. The fourth-order valence-corrected chi connectivity index (χ4v) is 1.98. The molecule has 0 saturated heterocycles. The van der Waals surface area contributed by atoms with Crippen molar-refractivity contribution in [2.75, 3.05) is 6.54 Å². The third-order valence-electron chi connectivity index (χ3n) is 2.72. The second kappa shape index (κ2) is 4.98. The summed E-state index contributed by atoms with van der Waals surface area (Å²) in [5.41, 5.74) is 0. The van der Waals surface area contributed by atoms with Crippen LogP contribution in [0.25, 0.3) is 0 Å². The second-order valence-electron chi connectivity index (χ2n) is 4.08. The third-order valence-corrected chi connectivity index (χ3v) is 2.72. The SMILES string of the molecule is CC1CCCC(C(=O)NCC(=O)O)C1. The topological polar surface area (TPSA) is 66.4 Å². The van der Waals surface area contributed by atoms with Crippen LogP contribution in [0.2, 0.25) is 0 Å². The fraction of sp³-hybridized carbons (Fsp3) is 0.800. The number of carboxylic acid groups (broad SMARTS) is 1.